The standard InChI is InChI=1S/C21H31N5O.ClH/c1-2-3-4-5-6-7-9-16-11-13-17(14-12-16)20-24-19(25-27-20)18-10-8-15-26(18)21(22)23;/h11-14,18H,2-10,15H2,1H3,(H3,22,23);1H/t18-;/m0./s1. The lowest BCUT2D eigenvalue weighted by molar-refractivity contribution is 0.352. The SMILES string of the molecule is CCCCCCCCc1ccc(-c2nc([C@@H]3CCCN3C(=N)N)no2)cc1.Cl. The maximum Gasteiger partial charge on any atom is 0.257 e. The van der Waals surface area contributed by atoms with Crippen molar-refractivity contribution in [3.63, 3.8) is 0 Å². The van der Waals surface area contributed by atoms with Crippen LogP contribution in [0.4, 0.5) is 0 Å². The van der Waals surface area contributed by atoms with Crippen molar-refractivity contribution in [2.24, 2.45) is 5.73 Å². The second kappa shape index (κ2) is 11.1. The fraction of sp³-hybridized carbons (Fsp3) is 0.571. The molecule has 0 aliphatic carbocycles. The monoisotopic (exact) mass is 405 g/mol. The number of aromatic nitrogens is 2. The van der Waals surface area contributed by atoms with Gasteiger partial charge >= 0.3 is 0 Å². The minimum atomic E-state index is -0.0491. The molecule has 1 fully saturated rings. The molecule has 7 heteroatoms. The van der Waals surface area contributed by atoms with Crippen LogP contribution in [0.15, 0.2) is 28.8 Å². The van der Waals surface area contributed by atoms with Crippen molar-refractivity contribution in [3.05, 3.63) is 35.7 Å². The molecule has 6 nitrogen and oxygen atoms in total. The Labute approximate surface area is 173 Å². The Hall–Kier alpha value is -2.08. The zero-order chi connectivity index (χ0) is 19.1. The molecule has 1 aromatic carbocycles. The van der Waals surface area contributed by atoms with Crippen LogP contribution < -0.4 is 5.73 Å². The van der Waals surface area contributed by atoms with Gasteiger partial charge in [0.15, 0.2) is 11.8 Å². The molecule has 154 valence electrons. The topological polar surface area (TPSA) is 92.0 Å². The Morgan fingerprint density at radius 1 is 1.18 bits per heavy atom. The van der Waals surface area contributed by atoms with E-state index >= 15 is 0 Å². The number of likely N-dealkylation sites (tertiary alicyclic amines) is 1. The summed E-state index contributed by atoms with van der Waals surface area (Å²) in [5.74, 6) is 1.23. The van der Waals surface area contributed by atoms with Crippen molar-refractivity contribution < 1.29 is 4.52 Å². The first kappa shape index (κ1) is 22.2. The van der Waals surface area contributed by atoms with Crippen LogP contribution in [0.2, 0.25) is 0 Å². The van der Waals surface area contributed by atoms with Crippen LogP contribution in [0.25, 0.3) is 11.5 Å². The number of aryl methyl sites for hydroxylation is 1. The summed E-state index contributed by atoms with van der Waals surface area (Å²) >= 11 is 0. The number of hydrogen-bond acceptors (Lipinski definition) is 4. The van der Waals surface area contributed by atoms with Gasteiger partial charge in [-0.1, -0.05) is 56.3 Å². The first-order valence-electron chi connectivity index (χ1n) is 10.2. The second-order valence-corrected chi connectivity index (χ2v) is 7.41. The van der Waals surface area contributed by atoms with Crippen molar-refractivity contribution in [1.29, 1.82) is 5.41 Å². The number of halogens is 1. The molecule has 2 aromatic rings. The van der Waals surface area contributed by atoms with Crippen molar-refractivity contribution in [2.45, 2.75) is 70.8 Å². The van der Waals surface area contributed by atoms with E-state index in [1.54, 1.807) is 0 Å². The summed E-state index contributed by atoms with van der Waals surface area (Å²) in [6, 6.07) is 8.38. The maximum atomic E-state index is 7.69. The van der Waals surface area contributed by atoms with Gasteiger partial charge in [0.1, 0.15) is 0 Å². The van der Waals surface area contributed by atoms with Gasteiger partial charge in [-0.25, -0.2) is 0 Å². The molecule has 2 heterocycles. The van der Waals surface area contributed by atoms with Crippen LogP contribution in [-0.2, 0) is 6.42 Å². The lowest BCUT2D eigenvalue weighted by atomic mass is 10.0. The number of unbranched alkanes of at least 4 members (excludes halogenated alkanes) is 5. The van der Waals surface area contributed by atoms with Crippen LogP contribution >= 0.6 is 12.4 Å². The van der Waals surface area contributed by atoms with Gasteiger partial charge in [0.2, 0.25) is 0 Å². The zero-order valence-corrected chi connectivity index (χ0v) is 17.5. The Balaban J connectivity index is 0.00000280. The van der Waals surface area contributed by atoms with E-state index in [0.29, 0.717) is 11.7 Å². The van der Waals surface area contributed by atoms with E-state index in [9.17, 15) is 0 Å². The minimum Gasteiger partial charge on any atom is -0.370 e. The van der Waals surface area contributed by atoms with Gasteiger partial charge in [-0.05, 0) is 43.4 Å². The molecular formula is C21H32ClN5O. The largest absolute Gasteiger partial charge is 0.370 e. The molecule has 1 atom stereocenters. The summed E-state index contributed by atoms with van der Waals surface area (Å²) in [5, 5.41) is 11.8. The predicted octanol–water partition coefficient (Wildman–Crippen LogP) is 5.09. The average Bonchev–Trinajstić information content (AvgIpc) is 3.34. The lowest BCUT2D eigenvalue weighted by Gasteiger charge is -2.21. The molecule has 28 heavy (non-hydrogen) atoms. The first-order valence-corrected chi connectivity index (χ1v) is 10.2. The minimum absolute atomic E-state index is 0. The molecule has 1 aliphatic heterocycles. The highest BCUT2D eigenvalue weighted by Crippen LogP contribution is 2.31. The molecule has 0 bridgehead atoms. The Kier molecular flexibility index (Phi) is 8.77. The molecule has 0 radical (unpaired) electrons. The van der Waals surface area contributed by atoms with Crippen molar-refractivity contribution in [3.8, 4) is 11.5 Å². The van der Waals surface area contributed by atoms with E-state index in [-0.39, 0.29) is 24.4 Å². The van der Waals surface area contributed by atoms with E-state index in [1.807, 2.05) is 4.90 Å². The third kappa shape index (κ3) is 5.71. The van der Waals surface area contributed by atoms with Gasteiger partial charge < -0.3 is 15.2 Å². The summed E-state index contributed by atoms with van der Waals surface area (Å²) in [6.45, 7) is 3.03. The van der Waals surface area contributed by atoms with Crippen LogP contribution in [0.1, 0.15) is 75.7 Å². The molecule has 1 aliphatic rings. The smallest absolute Gasteiger partial charge is 0.257 e. The number of nitrogens with two attached hydrogens (primary N) is 1. The van der Waals surface area contributed by atoms with E-state index in [0.717, 1.165) is 31.4 Å². The van der Waals surface area contributed by atoms with Crippen LogP contribution in [0.3, 0.4) is 0 Å². The van der Waals surface area contributed by atoms with Gasteiger partial charge in [-0.15, -0.1) is 12.4 Å². The molecule has 0 spiro atoms. The molecule has 1 saturated heterocycles. The molecule has 3 N–H and O–H groups in total. The highest BCUT2D eigenvalue weighted by Gasteiger charge is 2.31. The summed E-state index contributed by atoms with van der Waals surface area (Å²) in [7, 11) is 0. The van der Waals surface area contributed by atoms with Crippen molar-refractivity contribution in [1.82, 2.24) is 15.0 Å². The van der Waals surface area contributed by atoms with Gasteiger partial charge in [-0.2, -0.15) is 4.98 Å². The third-order valence-electron chi connectivity index (χ3n) is 5.32. The zero-order valence-electron chi connectivity index (χ0n) is 16.7. The Morgan fingerprint density at radius 3 is 2.61 bits per heavy atom. The normalized spacial score (nSPS) is 16.2. The number of hydrogen-bond donors (Lipinski definition) is 2. The third-order valence-corrected chi connectivity index (χ3v) is 5.32. The number of nitrogens with zero attached hydrogens (tertiary/aromatic N) is 3. The maximum absolute atomic E-state index is 7.69. The number of benzene rings is 1. The summed E-state index contributed by atoms with van der Waals surface area (Å²) in [6.07, 6.45) is 10.9. The van der Waals surface area contributed by atoms with E-state index in [1.165, 1.54) is 44.1 Å². The average molecular weight is 406 g/mol. The van der Waals surface area contributed by atoms with Crippen LogP contribution in [0.5, 0.6) is 0 Å². The van der Waals surface area contributed by atoms with Crippen molar-refractivity contribution in [2.75, 3.05) is 6.54 Å². The van der Waals surface area contributed by atoms with Gasteiger partial charge in [0.05, 0.1) is 6.04 Å². The summed E-state index contributed by atoms with van der Waals surface area (Å²) in [5.41, 5.74) is 7.95. The fourth-order valence-corrected chi connectivity index (χ4v) is 3.73. The van der Waals surface area contributed by atoms with Crippen LogP contribution in [-0.4, -0.2) is 27.5 Å². The molecule has 1 aromatic heterocycles. The lowest BCUT2D eigenvalue weighted by Crippen LogP contribution is -2.36. The number of rotatable bonds is 9. The van der Waals surface area contributed by atoms with Gasteiger partial charge in [0.25, 0.3) is 5.89 Å². The highest BCUT2D eigenvalue weighted by atomic mass is 35.5. The van der Waals surface area contributed by atoms with Crippen molar-refractivity contribution >= 4 is 18.4 Å². The van der Waals surface area contributed by atoms with Crippen LogP contribution in [0, 0.1) is 5.41 Å². The van der Waals surface area contributed by atoms with E-state index < -0.39 is 0 Å². The molecule has 3 rings (SSSR count). The quantitative estimate of drug-likeness (QED) is 0.344. The summed E-state index contributed by atoms with van der Waals surface area (Å²) in [4.78, 5) is 6.39. The van der Waals surface area contributed by atoms with E-state index in [4.69, 9.17) is 15.7 Å². The predicted molar refractivity (Wildman–Crippen MR) is 115 cm³/mol. The Morgan fingerprint density at radius 2 is 1.89 bits per heavy atom. The first-order chi connectivity index (χ1) is 13.2. The second-order valence-electron chi connectivity index (χ2n) is 7.41. The van der Waals surface area contributed by atoms with Gasteiger partial charge in [0, 0.05) is 12.1 Å². The highest BCUT2D eigenvalue weighted by molar-refractivity contribution is 5.85. The van der Waals surface area contributed by atoms with E-state index in [2.05, 4.69) is 41.3 Å². The summed E-state index contributed by atoms with van der Waals surface area (Å²) < 4.78 is 5.47. The number of nitrogens with one attached hydrogen (secondary N) is 1. The molecular weight excluding hydrogens is 374 g/mol. The molecule has 0 saturated carbocycles. The fourth-order valence-electron chi connectivity index (χ4n) is 3.73. The Bertz CT molecular complexity index is 731. The van der Waals surface area contributed by atoms with Gasteiger partial charge in [-0.3, -0.25) is 5.41 Å². The molecule has 0 unspecified atom stereocenters. The molecule has 0 amide bonds. The number of guanidine groups is 1.